The van der Waals surface area contributed by atoms with Crippen molar-refractivity contribution in [2.45, 2.75) is 19.0 Å². The topological polar surface area (TPSA) is 81.8 Å². The van der Waals surface area contributed by atoms with Crippen molar-refractivity contribution in [1.82, 2.24) is 19.8 Å². The van der Waals surface area contributed by atoms with E-state index in [1.807, 2.05) is 24.1 Å². The number of imidazole rings is 1. The monoisotopic (exact) mass is 371 g/mol. The maximum Gasteiger partial charge on any atom is 0.253 e. The average Bonchev–Trinajstić information content (AvgIpc) is 3.16. The number of carbonyl (C=O) groups excluding carboxylic acids is 2. The van der Waals surface area contributed by atoms with Gasteiger partial charge in [0.1, 0.15) is 18.2 Å². The number of benzene rings is 1. The molecule has 0 saturated heterocycles. The van der Waals surface area contributed by atoms with Gasteiger partial charge in [0.25, 0.3) is 5.91 Å². The fraction of sp³-hybridized carbons (Fsp3) is 0.421. The molecule has 3 rings (SSSR count). The van der Waals surface area contributed by atoms with Crippen LogP contribution >= 0.6 is 0 Å². The molecule has 2 aromatic rings. The number of rotatable bonds is 5. The lowest BCUT2D eigenvalue weighted by Crippen LogP contribution is -2.44. The summed E-state index contributed by atoms with van der Waals surface area (Å²) in [6.45, 7) is 0.853. The van der Waals surface area contributed by atoms with Gasteiger partial charge in [-0.05, 0) is 18.2 Å². The molecule has 144 valence electrons. The molecule has 27 heavy (non-hydrogen) atoms. The fourth-order valence-electron chi connectivity index (χ4n) is 3.05. The average molecular weight is 371 g/mol. The third-order valence-electron chi connectivity index (χ3n) is 4.75. The first kappa shape index (κ1) is 18.8. The van der Waals surface area contributed by atoms with E-state index < -0.39 is 0 Å². The molecular formula is C19H25N5O3. The zero-order valence-electron chi connectivity index (χ0n) is 16.1. The summed E-state index contributed by atoms with van der Waals surface area (Å²) in [5, 5.41) is 0. The van der Waals surface area contributed by atoms with E-state index in [9.17, 15) is 9.59 Å². The SMILES string of the molecule is CN(C)C(=O)c1ccc2c(c1)N(C)C(CC(=O)N(C)Cc1ncc[nH]1)CO2. The Bertz CT molecular complexity index is 819. The summed E-state index contributed by atoms with van der Waals surface area (Å²) in [6, 6.07) is 5.29. The van der Waals surface area contributed by atoms with Crippen LogP contribution in [0.25, 0.3) is 0 Å². The Hall–Kier alpha value is -3.03. The molecule has 1 N–H and O–H groups in total. The lowest BCUT2D eigenvalue weighted by atomic mass is 10.1. The van der Waals surface area contributed by atoms with Crippen LogP contribution in [-0.4, -0.2) is 72.4 Å². The Morgan fingerprint density at radius 2 is 2.11 bits per heavy atom. The van der Waals surface area contributed by atoms with E-state index in [1.54, 1.807) is 44.5 Å². The summed E-state index contributed by atoms with van der Waals surface area (Å²) in [4.78, 5) is 37.2. The largest absolute Gasteiger partial charge is 0.489 e. The Morgan fingerprint density at radius 3 is 2.78 bits per heavy atom. The minimum absolute atomic E-state index is 0.0100. The predicted octanol–water partition coefficient (Wildman–Crippen LogP) is 1.36. The smallest absolute Gasteiger partial charge is 0.253 e. The van der Waals surface area contributed by atoms with E-state index in [0.717, 1.165) is 17.3 Å². The molecule has 8 heteroatoms. The van der Waals surface area contributed by atoms with Gasteiger partial charge < -0.3 is 24.4 Å². The van der Waals surface area contributed by atoms with E-state index in [1.165, 1.54) is 4.90 Å². The highest BCUT2D eigenvalue weighted by Crippen LogP contribution is 2.34. The minimum atomic E-state index is -0.103. The second-order valence-electron chi connectivity index (χ2n) is 6.95. The molecule has 0 saturated carbocycles. The molecule has 0 fully saturated rings. The van der Waals surface area contributed by atoms with Gasteiger partial charge in [0, 0.05) is 46.1 Å². The fourth-order valence-corrected chi connectivity index (χ4v) is 3.05. The third-order valence-corrected chi connectivity index (χ3v) is 4.75. The number of ether oxygens (including phenoxy) is 1. The van der Waals surface area contributed by atoms with Gasteiger partial charge >= 0.3 is 0 Å². The lowest BCUT2D eigenvalue weighted by Gasteiger charge is -2.36. The molecule has 1 atom stereocenters. The number of nitrogens with zero attached hydrogens (tertiary/aromatic N) is 4. The summed E-state index contributed by atoms with van der Waals surface area (Å²) < 4.78 is 5.83. The molecule has 1 aliphatic heterocycles. The van der Waals surface area contributed by atoms with Gasteiger partial charge in [0.15, 0.2) is 0 Å². The van der Waals surface area contributed by atoms with Crippen molar-refractivity contribution < 1.29 is 14.3 Å². The first-order valence-corrected chi connectivity index (χ1v) is 8.80. The van der Waals surface area contributed by atoms with Crippen LogP contribution in [0.4, 0.5) is 5.69 Å². The first-order chi connectivity index (χ1) is 12.9. The summed E-state index contributed by atoms with van der Waals surface area (Å²) in [5.41, 5.74) is 1.41. The maximum atomic E-state index is 12.6. The van der Waals surface area contributed by atoms with Gasteiger partial charge in [0.2, 0.25) is 5.91 Å². The maximum absolute atomic E-state index is 12.6. The number of hydrogen-bond donors (Lipinski definition) is 1. The van der Waals surface area contributed by atoms with E-state index in [2.05, 4.69) is 9.97 Å². The van der Waals surface area contributed by atoms with Crippen molar-refractivity contribution in [1.29, 1.82) is 0 Å². The highest BCUT2D eigenvalue weighted by molar-refractivity contribution is 5.95. The highest BCUT2D eigenvalue weighted by atomic mass is 16.5. The second-order valence-corrected chi connectivity index (χ2v) is 6.95. The zero-order valence-corrected chi connectivity index (χ0v) is 16.1. The van der Waals surface area contributed by atoms with Crippen molar-refractivity contribution in [3.63, 3.8) is 0 Å². The van der Waals surface area contributed by atoms with Gasteiger partial charge in [-0.3, -0.25) is 9.59 Å². The lowest BCUT2D eigenvalue weighted by molar-refractivity contribution is -0.131. The van der Waals surface area contributed by atoms with Crippen LogP contribution < -0.4 is 9.64 Å². The number of aromatic amines is 1. The zero-order chi connectivity index (χ0) is 19.6. The van der Waals surface area contributed by atoms with Crippen LogP contribution in [0.2, 0.25) is 0 Å². The van der Waals surface area contributed by atoms with E-state index in [0.29, 0.717) is 25.1 Å². The highest BCUT2D eigenvalue weighted by Gasteiger charge is 2.28. The summed E-state index contributed by atoms with van der Waals surface area (Å²) in [7, 11) is 7.13. The molecule has 2 amide bonds. The molecule has 1 aromatic carbocycles. The number of amides is 2. The summed E-state index contributed by atoms with van der Waals surface area (Å²) in [5.74, 6) is 1.41. The molecule has 1 unspecified atom stereocenters. The molecular weight excluding hydrogens is 346 g/mol. The van der Waals surface area contributed by atoms with E-state index >= 15 is 0 Å². The van der Waals surface area contributed by atoms with Crippen LogP contribution in [0.15, 0.2) is 30.6 Å². The van der Waals surface area contributed by atoms with Gasteiger partial charge in [-0.15, -0.1) is 0 Å². The number of nitrogens with one attached hydrogen (secondary N) is 1. The molecule has 0 aliphatic carbocycles. The number of hydrogen-bond acceptors (Lipinski definition) is 5. The van der Waals surface area contributed by atoms with Gasteiger partial charge in [-0.2, -0.15) is 0 Å². The Morgan fingerprint density at radius 1 is 1.33 bits per heavy atom. The number of likely N-dealkylation sites (N-methyl/N-ethyl adjacent to an activating group) is 1. The molecule has 0 radical (unpaired) electrons. The van der Waals surface area contributed by atoms with Crippen molar-refractivity contribution in [3.05, 3.63) is 42.0 Å². The van der Waals surface area contributed by atoms with Crippen LogP contribution in [0.1, 0.15) is 22.6 Å². The van der Waals surface area contributed by atoms with Crippen LogP contribution in [0.5, 0.6) is 5.75 Å². The summed E-state index contributed by atoms with van der Waals surface area (Å²) in [6.07, 6.45) is 3.72. The molecule has 8 nitrogen and oxygen atoms in total. The van der Waals surface area contributed by atoms with Crippen LogP contribution in [0, 0.1) is 0 Å². The van der Waals surface area contributed by atoms with Crippen molar-refractivity contribution >= 4 is 17.5 Å². The quantitative estimate of drug-likeness (QED) is 0.858. The Labute approximate surface area is 158 Å². The normalized spacial score (nSPS) is 15.7. The number of fused-ring (bicyclic) bond motifs is 1. The first-order valence-electron chi connectivity index (χ1n) is 8.80. The molecule has 1 aromatic heterocycles. The molecule has 0 spiro atoms. The Balaban J connectivity index is 1.70. The van der Waals surface area contributed by atoms with Gasteiger partial charge in [-0.1, -0.05) is 0 Å². The number of anilines is 1. The van der Waals surface area contributed by atoms with Gasteiger partial charge in [0.05, 0.1) is 24.7 Å². The second kappa shape index (κ2) is 7.69. The van der Waals surface area contributed by atoms with Crippen molar-refractivity contribution in [2.24, 2.45) is 0 Å². The van der Waals surface area contributed by atoms with Crippen molar-refractivity contribution in [2.75, 3.05) is 39.7 Å². The van der Waals surface area contributed by atoms with Gasteiger partial charge in [-0.25, -0.2) is 4.98 Å². The van der Waals surface area contributed by atoms with Crippen LogP contribution in [-0.2, 0) is 11.3 Å². The Kier molecular flexibility index (Phi) is 5.34. The molecule has 1 aliphatic rings. The van der Waals surface area contributed by atoms with Crippen LogP contribution in [0.3, 0.4) is 0 Å². The number of aromatic nitrogens is 2. The predicted molar refractivity (Wildman–Crippen MR) is 102 cm³/mol. The van der Waals surface area contributed by atoms with E-state index in [-0.39, 0.29) is 17.9 Å². The number of carbonyl (C=O) groups is 2. The standard InChI is InChI=1S/C19H25N5O3/c1-22(2)19(26)13-5-6-16-15(9-13)24(4)14(12-27-16)10-18(25)23(3)11-17-20-7-8-21-17/h5-9,14H,10-12H2,1-4H3,(H,20,21). The molecule has 0 bridgehead atoms. The molecule has 2 heterocycles. The van der Waals surface area contributed by atoms with E-state index in [4.69, 9.17) is 4.74 Å². The third kappa shape index (κ3) is 4.05. The summed E-state index contributed by atoms with van der Waals surface area (Å²) >= 11 is 0. The van der Waals surface area contributed by atoms with Crippen molar-refractivity contribution in [3.8, 4) is 5.75 Å². The minimum Gasteiger partial charge on any atom is -0.489 e. The number of H-pyrrole nitrogens is 1.